The summed E-state index contributed by atoms with van der Waals surface area (Å²) in [6, 6.07) is 12.8. The second kappa shape index (κ2) is 13.7. The molecule has 0 spiro atoms. The largest absolute Gasteiger partial charge is 0.487 e. The Balaban J connectivity index is 1.66. The van der Waals surface area contributed by atoms with Crippen molar-refractivity contribution in [2.24, 2.45) is 0 Å². The maximum absolute atomic E-state index is 12.8. The summed E-state index contributed by atoms with van der Waals surface area (Å²) in [5.74, 6) is 2.44. The molecule has 1 aliphatic rings. The van der Waals surface area contributed by atoms with Gasteiger partial charge in [0.05, 0.1) is 32.4 Å². The van der Waals surface area contributed by atoms with Crippen molar-refractivity contribution in [3.8, 4) is 23.0 Å². The molecule has 11 heteroatoms. The summed E-state index contributed by atoms with van der Waals surface area (Å²) in [6.07, 6.45) is 0. The Morgan fingerprint density at radius 2 is 1.26 bits per heavy atom. The molecule has 0 saturated heterocycles. The van der Waals surface area contributed by atoms with E-state index in [1.54, 1.807) is 36.6 Å². The lowest BCUT2D eigenvalue weighted by Gasteiger charge is -2.27. The summed E-state index contributed by atoms with van der Waals surface area (Å²) in [7, 11) is -1.35. The minimum absolute atomic E-state index is 0.0559. The maximum Gasteiger partial charge on any atom is 0.293 e. The topological polar surface area (TPSA) is 84.9 Å². The monoisotopic (exact) mass is 513 g/mol. The van der Waals surface area contributed by atoms with Gasteiger partial charge in [0, 0.05) is 25.5 Å². The van der Waals surface area contributed by atoms with Crippen LogP contribution >= 0.6 is 20.1 Å². The summed E-state index contributed by atoms with van der Waals surface area (Å²) in [4.78, 5) is 0. The van der Waals surface area contributed by atoms with E-state index in [1.807, 2.05) is 24.3 Å². The van der Waals surface area contributed by atoms with Crippen LogP contribution < -0.4 is 23.6 Å². The van der Waals surface area contributed by atoms with Crippen molar-refractivity contribution in [2.75, 3.05) is 77.2 Å². The van der Waals surface area contributed by atoms with Crippen molar-refractivity contribution >= 4 is 25.8 Å². The third-order valence-electron chi connectivity index (χ3n) is 4.93. The number of hydrogen-bond acceptors (Lipinski definition) is 9. The first-order chi connectivity index (χ1) is 16.5. The van der Waals surface area contributed by atoms with Gasteiger partial charge in [-0.15, -0.1) is 0 Å². The van der Waals surface area contributed by atoms with E-state index in [0.717, 1.165) is 0 Å². The summed E-state index contributed by atoms with van der Waals surface area (Å²) in [6.45, 7) is 4.48. The summed E-state index contributed by atoms with van der Waals surface area (Å²) in [5, 5.41) is 0. The van der Waals surface area contributed by atoms with Crippen LogP contribution in [-0.4, -0.2) is 72.5 Å². The molecule has 9 nitrogen and oxygen atoms in total. The number of ether oxygens (including phenoxy) is 6. The van der Waals surface area contributed by atoms with E-state index in [-0.39, 0.29) is 5.94 Å². The van der Waals surface area contributed by atoms with Gasteiger partial charge in [-0.3, -0.25) is 4.57 Å². The molecule has 1 atom stereocenters. The molecule has 2 aromatic rings. The molecular formula is C23H32NO8PS. The van der Waals surface area contributed by atoms with Crippen LogP contribution in [0.5, 0.6) is 23.0 Å². The van der Waals surface area contributed by atoms with E-state index in [4.69, 9.17) is 32.9 Å². The molecule has 2 aromatic carbocycles. The number of hydrogen-bond donors (Lipinski definition) is 1. The molecule has 0 aliphatic carbocycles. The summed E-state index contributed by atoms with van der Waals surface area (Å²) >= 11 is 4.02. The zero-order valence-electron chi connectivity index (χ0n) is 19.5. The quantitative estimate of drug-likeness (QED) is 0.369. The van der Waals surface area contributed by atoms with Crippen molar-refractivity contribution < 1.29 is 37.5 Å². The van der Waals surface area contributed by atoms with Crippen LogP contribution in [-0.2, 0) is 18.6 Å². The molecule has 1 aliphatic heterocycles. The first-order valence-corrected chi connectivity index (χ1v) is 13.6. The number of para-hydroxylation sites is 2. The van der Waals surface area contributed by atoms with E-state index in [9.17, 15) is 4.57 Å². The Labute approximate surface area is 206 Å². The Hall–Kier alpha value is -2.10. The van der Waals surface area contributed by atoms with Crippen molar-refractivity contribution in [1.82, 2.24) is 0 Å². The molecule has 0 saturated carbocycles. The number of benzene rings is 2. The summed E-state index contributed by atoms with van der Waals surface area (Å²) in [5.41, 5.74) is 0.665. The van der Waals surface area contributed by atoms with Crippen molar-refractivity contribution in [3.05, 3.63) is 42.5 Å². The van der Waals surface area contributed by atoms with Crippen molar-refractivity contribution in [1.29, 1.82) is 0 Å². The molecule has 0 fully saturated rings. The molecule has 0 aromatic heterocycles. The number of rotatable bonds is 4. The van der Waals surface area contributed by atoms with Crippen LogP contribution in [0.4, 0.5) is 5.69 Å². The summed E-state index contributed by atoms with van der Waals surface area (Å²) < 4.78 is 54.3. The highest BCUT2D eigenvalue weighted by Crippen LogP contribution is 2.49. The molecule has 34 heavy (non-hydrogen) atoms. The van der Waals surface area contributed by atoms with E-state index in [1.165, 1.54) is 0 Å². The molecule has 0 bridgehead atoms. The fraction of sp³-hybridized carbons (Fsp3) is 0.478. The van der Waals surface area contributed by atoms with Gasteiger partial charge in [-0.05, 0) is 24.3 Å². The highest BCUT2D eigenvalue weighted by molar-refractivity contribution is 7.80. The van der Waals surface area contributed by atoms with E-state index in [2.05, 4.69) is 12.6 Å². The van der Waals surface area contributed by atoms with Gasteiger partial charge in [-0.25, -0.2) is 0 Å². The van der Waals surface area contributed by atoms with Crippen LogP contribution in [0.3, 0.4) is 0 Å². The second-order valence-electron chi connectivity index (χ2n) is 7.28. The van der Waals surface area contributed by atoms with Gasteiger partial charge in [-0.2, -0.15) is 12.6 Å². The zero-order valence-corrected chi connectivity index (χ0v) is 21.3. The van der Waals surface area contributed by atoms with E-state index in [0.29, 0.717) is 81.5 Å². The second-order valence-corrected chi connectivity index (χ2v) is 10.0. The zero-order chi connectivity index (χ0) is 24.2. The van der Waals surface area contributed by atoms with Gasteiger partial charge >= 0.3 is 0 Å². The molecule has 3 rings (SSSR count). The SMILES string of the molecule is CN(c1ccc2c(c1)OCCOCCOc1ccccc1OCCOCCO2)P(C)(=O)OCS. The number of thiol groups is 1. The van der Waals surface area contributed by atoms with Crippen LogP contribution in [0.1, 0.15) is 0 Å². The first-order valence-electron chi connectivity index (χ1n) is 11.0. The predicted octanol–water partition coefficient (Wildman–Crippen LogP) is 4.11. The third kappa shape index (κ3) is 7.99. The lowest BCUT2D eigenvalue weighted by Crippen LogP contribution is -2.16. The van der Waals surface area contributed by atoms with Gasteiger partial charge in [0.2, 0.25) is 0 Å². The number of fused-ring (bicyclic) bond motifs is 2. The lowest BCUT2D eigenvalue weighted by molar-refractivity contribution is 0.0640. The highest BCUT2D eigenvalue weighted by atomic mass is 32.1. The van der Waals surface area contributed by atoms with Gasteiger partial charge in [0.1, 0.15) is 26.4 Å². The van der Waals surface area contributed by atoms with Crippen molar-refractivity contribution in [3.63, 3.8) is 0 Å². The van der Waals surface area contributed by atoms with E-state index < -0.39 is 7.52 Å². The first kappa shape index (κ1) is 26.5. The third-order valence-corrected chi connectivity index (χ3v) is 7.20. The average Bonchev–Trinajstić information content (AvgIpc) is 2.83. The standard InChI is InChI=1S/C23H32NO8PS/c1-24(33(2,25)32-18-34)19-7-8-22-23(17-19)31-16-12-27-10-14-29-21-6-4-3-5-20(21)28-13-9-26-11-15-30-22/h3-8,17,34H,9-16,18H2,1-2H3. The Kier molecular flexibility index (Phi) is 10.7. The van der Waals surface area contributed by atoms with Gasteiger partial charge in [-0.1, -0.05) is 12.1 Å². The molecule has 188 valence electrons. The van der Waals surface area contributed by atoms with E-state index >= 15 is 0 Å². The van der Waals surface area contributed by atoms with Crippen LogP contribution in [0.2, 0.25) is 0 Å². The maximum atomic E-state index is 12.8. The minimum Gasteiger partial charge on any atom is -0.487 e. The normalized spacial score (nSPS) is 17.6. The van der Waals surface area contributed by atoms with Gasteiger partial charge < -0.3 is 37.6 Å². The van der Waals surface area contributed by atoms with Gasteiger partial charge in [0.15, 0.2) is 23.0 Å². The Bertz CT molecular complexity index is 947. The molecule has 1 unspecified atom stereocenters. The molecule has 0 N–H and O–H groups in total. The number of anilines is 1. The van der Waals surface area contributed by atoms with Crippen LogP contribution in [0, 0.1) is 0 Å². The van der Waals surface area contributed by atoms with Crippen LogP contribution in [0.25, 0.3) is 0 Å². The number of nitrogens with zero attached hydrogens (tertiary/aromatic N) is 1. The lowest BCUT2D eigenvalue weighted by atomic mass is 10.2. The fourth-order valence-corrected chi connectivity index (χ4v) is 4.64. The van der Waals surface area contributed by atoms with Crippen molar-refractivity contribution in [2.45, 2.75) is 0 Å². The molecular weight excluding hydrogens is 481 g/mol. The highest BCUT2D eigenvalue weighted by Gasteiger charge is 2.24. The minimum atomic E-state index is -3.05. The Morgan fingerprint density at radius 3 is 1.76 bits per heavy atom. The molecule has 1 heterocycles. The molecule has 0 amide bonds. The smallest absolute Gasteiger partial charge is 0.293 e. The Morgan fingerprint density at radius 1 is 0.794 bits per heavy atom. The average molecular weight is 514 g/mol. The fourth-order valence-electron chi connectivity index (χ4n) is 3.07. The van der Waals surface area contributed by atoms with Gasteiger partial charge in [0.25, 0.3) is 7.52 Å². The van der Waals surface area contributed by atoms with Crippen LogP contribution in [0.15, 0.2) is 42.5 Å². The predicted molar refractivity (Wildman–Crippen MR) is 133 cm³/mol. The molecule has 0 radical (unpaired) electrons.